The number of rotatable bonds is 4. The quantitative estimate of drug-likeness (QED) is 0.475. The number of fused-ring (bicyclic) bond motifs is 1. The van der Waals surface area contributed by atoms with Gasteiger partial charge in [0.15, 0.2) is 5.76 Å². The zero-order valence-corrected chi connectivity index (χ0v) is 15.9. The molecule has 6 heteroatoms. The van der Waals surface area contributed by atoms with E-state index in [1.165, 1.54) is 22.5 Å². The fourth-order valence-electron chi connectivity index (χ4n) is 3.62. The van der Waals surface area contributed by atoms with Crippen molar-refractivity contribution in [3.63, 3.8) is 0 Å². The molecule has 1 saturated heterocycles. The van der Waals surface area contributed by atoms with Crippen LogP contribution in [0.4, 0.5) is 0 Å². The Hall–Kier alpha value is -2.02. The first kappa shape index (κ1) is 16.2. The molecule has 26 heavy (non-hydrogen) atoms. The van der Waals surface area contributed by atoms with Crippen LogP contribution in [0.5, 0.6) is 0 Å². The monoisotopic (exact) mass is 381 g/mol. The summed E-state index contributed by atoms with van der Waals surface area (Å²) in [4.78, 5) is 8.49. The summed E-state index contributed by atoms with van der Waals surface area (Å²) in [6, 6.07) is 14.6. The third-order valence-corrected chi connectivity index (χ3v) is 6.96. The van der Waals surface area contributed by atoms with Gasteiger partial charge in [-0.2, -0.15) is 0 Å². The van der Waals surface area contributed by atoms with Crippen molar-refractivity contribution in [2.24, 2.45) is 0 Å². The van der Waals surface area contributed by atoms with Crippen LogP contribution in [0.15, 0.2) is 52.4 Å². The van der Waals surface area contributed by atoms with Gasteiger partial charge in [0, 0.05) is 25.1 Å². The van der Waals surface area contributed by atoms with Crippen LogP contribution >= 0.6 is 22.7 Å². The number of piperidine rings is 1. The Balaban J connectivity index is 1.30. The number of hydrogen-bond donors (Lipinski definition) is 0. The highest BCUT2D eigenvalue weighted by atomic mass is 32.1. The topological polar surface area (TPSA) is 42.2 Å². The van der Waals surface area contributed by atoms with Crippen LogP contribution in [0.1, 0.15) is 29.5 Å². The van der Waals surface area contributed by atoms with E-state index in [-0.39, 0.29) is 0 Å². The van der Waals surface area contributed by atoms with E-state index in [9.17, 15) is 0 Å². The van der Waals surface area contributed by atoms with E-state index in [1.54, 1.807) is 11.3 Å². The summed E-state index contributed by atoms with van der Waals surface area (Å²) < 4.78 is 6.81. The lowest BCUT2D eigenvalue weighted by molar-refractivity contribution is 0.195. The smallest absolute Gasteiger partial charge is 0.177 e. The van der Waals surface area contributed by atoms with Gasteiger partial charge >= 0.3 is 0 Å². The first-order valence-corrected chi connectivity index (χ1v) is 10.6. The number of thiophene rings is 1. The lowest BCUT2D eigenvalue weighted by atomic mass is 9.98. The van der Waals surface area contributed by atoms with Crippen LogP contribution in [0, 0.1) is 0 Å². The molecule has 0 aliphatic carbocycles. The zero-order chi connectivity index (χ0) is 17.3. The largest absolute Gasteiger partial charge is 0.355 e. The van der Waals surface area contributed by atoms with E-state index in [4.69, 9.17) is 9.51 Å². The maximum atomic E-state index is 5.53. The SMILES string of the molecule is c1csc(-c2cc(CN3CCC[C@H](c4nc5ccccc5s4)C3)no2)c1. The molecule has 4 aromatic rings. The molecule has 1 aliphatic rings. The standard InChI is InChI=1S/C20H19N3OS2/c1-2-7-18-16(6-1)21-20(26-18)14-5-3-9-23(12-14)13-15-11-17(24-22-15)19-8-4-10-25-19/h1-2,4,6-8,10-11,14H,3,5,9,12-13H2/t14-/m0/s1. The fraction of sp³-hybridized carbons (Fsp3) is 0.300. The van der Waals surface area contributed by atoms with Crippen molar-refractivity contribution in [1.82, 2.24) is 15.0 Å². The molecule has 0 radical (unpaired) electrons. The maximum absolute atomic E-state index is 5.53. The van der Waals surface area contributed by atoms with Gasteiger partial charge < -0.3 is 4.52 Å². The molecule has 0 amide bonds. The third-order valence-electron chi connectivity index (χ3n) is 4.87. The molecule has 0 unspecified atom stereocenters. The normalized spacial score (nSPS) is 18.5. The Morgan fingerprint density at radius 1 is 1.19 bits per heavy atom. The highest BCUT2D eigenvalue weighted by Crippen LogP contribution is 2.33. The summed E-state index contributed by atoms with van der Waals surface area (Å²) in [7, 11) is 0. The number of hydrogen-bond acceptors (Lipinski definition) is 6. The molecule has 132 valence electrons. The second-order valence-electron chi connectivity index (χ2n) is 6.75. The summed E-state index contributed by atoms with van der Waals surface area (Å²) >= 11 is 3.52. The number of nitrogens with zero attached hydrogens (tertiary/aromatic N) is 3. The number of benzene rings is 1. The molecule has 4 heterocycles. The van der Waals surface area contributed by atoms with Crippen molar-refractivity contribution in [1.29, 1.82) is 0 Å². The summed E-state index contributed by atoms with van der Waals surface area (Å²) in [5.74, 6) is 1.39. The zero-order valence-electron chi connectivity index (χ0n) is 14.3. The van der Waals surface area contributed by atoms with E-state index in [0.717, 1.165) is 41.5 Å². The Labute approximate surface area is 160 Å². The van der Waals surface area contributed by atoms with Gasteiger partial charge in [-0.15, -0.1) is 22.7 Å². The molecular formula is C20H19N3OS2. The van der Waals surface area contributed by atoms with Crippen molar-refractivity contribution >= 4 is 32.9 Å². The average molecular weight is 382 g/mol. The van der Waals surface area contributed by atoms with Gasteiger partial charge in [-0.25, -0.2) is 4.98 Å². The van der Waals surface area contributed by atoms with E-state index >= 15 is 0 Å². The highest BCUT2D eigenvalue weighted by molar-refractivity contribution is 7.18. The minimum absolute atomic E-state index is 0.518. The number of aromatic nitrogens is 2. The van der Waals surface area contributed by atoms with E-state index in [0.29, 0.717) is 5.92 Å². The molecule has 0 N–H and O–H groups in total. The third kappa shape index (κ3) is 3.20. The van der Waals surface area contributed by atoms with Crippen molar-refractivity contribution in [3.8, 4) is 10.6 Å². The predicted octanol–water partition coefficient (Wildman–Crippen LogP) is 5.39. The van der Waals surface area contributed by atoms with E-state index in [2.05, 4.69) is 51.8 Å². The van der Waals surface area contributed by atoms with Gasteiger partial charge in [0.2, 0.25) is 0 Å². The molecular weight excluding hydrogens is 362 g/mol. The molecule has 3 aromatic heterocycles. The molecule has 0 spiro atoms. The fourth-order valence-corrected chi connectivity index (χ4v) is 5.38. The molecule has 1 atom stereocenters. The van der Waals surface area contributed by atoms with Crippen molar-refractivity contribution in [2.45, 2.75) is 25.3 Å². The van der Waals surface area contributed by atoms with Crippen LogP contribution in [0.2, 0.25) is 0 Å². The van der Waals surface area contributed by atoms with Gasteiger partial charge in [-0.3, -0.25) is 4.90 Å². The van der Waals surface area contributed by atoms with Crippen molar-refractivity contribution in [3.05, 3.63) is 58.5 Å². The summed E-state index contributed by atoms with van der Waals surface area (Å²) in [5.41, 5.74) is 2.14. The van der Waals surface area contributed by atoms with Crippen LogP contribution in [-0.4, -0.2) is 28.1 Å². The number of thiazole rings is 1. The lowest BCUT2D eigenvalue weighted by Gasteiger charge is -2.31. The molecule has 1 fully saturated rings. The first-order valence-electron chi connectivity index (χ1n) is 8.92. The van der Waals surface area contributed by atoms with Gasteiger partial charge in [-0.05, 0) is 43.0 Å². The highest BCUT2D eigenvalue weighted by Gasteiger charge is 2.25. The second-order valence-corrected chi connectivity index (χ2v) is 8.76. The molecule has 0 saturated carbocycles. The van der Waals surface area contributed by atoms with Gasteiger partial charge in [0.05, 0.1) is 25.8 Å². The van der Waals surface area contributed by atoms with Crippen molar-refractivity contribution < 1.29 is 4.52 Å². The Bertz CT molecular complexity index is 972. The second kappa shape index (κ2) is 6.95. The summed E-state index contributed by atoms with van der Waals surface area (Å²) in [6.45, 7) is 3.00. The Morgan fingerprint density at radius 2 is 2.15 bits per heavy atom. The van der Waals surface area contributed by atoms with Crippen molar-refractivity contribution in [2.75, 3.05) is 13.1 Å². The Kier molecular flexibility index (Phi) is 4.32. The number of para-hydroxylation sites is 1. The molecule has 5 rings (SSSR count). The van der Waals surface area contributed by atoms with E-state index in [1.807, 2.05) is 17.4 Å². The average Bonchev–Trinajstić information content (AvgIpc) is 3.41. The first-order chi connectivity index (χ1) is 12.8. The van der Waals surface area contributed by atoms with Crippen LogP contribution in [-0.2, 0) is 6.54 Å². The maximum Gasteiger partial charge on any atom is 0.177 e. The minimum atomic E-state index is 0.518. The summed E-state index contributed by atoms with van der Waals surface area (Å²) in [5, 5.41) is 7.61. The van der Waals surface area contributed by atoms with E-state index < -0.39 is 0 Å². The minimum Gasteiger partial charge on any atom is -0.355 e. The summed E-state index contributed by atoms with van der Waals surface area (Å²) in [6.07, 6.45) is 2.42. The van der Waals surface area contributed by atoms with Gasteiger partial charge in [0.25, 0.3) is 0 Å². The van der Waals surface area contributed by atoms with Crippen LogP contribution < -0.4 is 0 Å². The molecule has 1 aromatic carbocycles. The van der Waals surface area contributed by atoms with Crippen LogP contribution in [0.3, 0.4) is 0 Å². The van der Waals surface area contributed by atoms with Gasteiger partial charge in [0.1, 0.15) is 0 Å². The lowest BCUT2D eigenvalue weighted by Crippen LogP contribution is -2.33. The number of likely N-dealkylation sites (tertiary alicyclic amines) is 1. The predicted molar refractivity (Wildman–Crippen MR) is 107 cm³/mol. The van der Waals surface area contributed by atoms with Crippen LogP contribution in [0.25, 0.3) is 20.9 Å². The molecule has 4 nitrogen and oxygen atoms in total. The molecule has 1 aliphatic heterocycles. The van der Waals surface area contributed by atoms with Gasteiger partial charge in [-0.1, -0.05) is 23.4 Å². The Morgan fingerprint density at radius 3 is 3.04 bits per heavy atom. The molecule has 0 bridgehead atoms.